The normalized spacial score (nSPS) is 11.6. The number of methoxy groups -OCH3 is 2. The fraction of sp³-hybridized carbons (Fsp3) is 0.235. The van der Waals surface area contributed by atoms with E-state index < -0.39 is 16.1 Å². The van der Waals surface area contributed by atoms with Gasteiger partial charge in [-0.1, -0.05) is 18.2 Å². The molecule has 7 nitrogen and oxygen atoms in total. The Hall–Kier alpha value is -2.74. The van der Waals surface area contributed by atoms with Crippen LogP contribution < -0.4 is 9.47 Å². The number of carboxylic acid groups (broad SMARTS) is 1. The molecular formula is C17H17NO6S. The fourth-order valence-electron chi connectivity index (χ4n) is 2.30. The van der Waals surface area contributed by atoms with Gasteiger partial charge in [0, 0.05) is 9.82 Å². The Kier molecular flexibility index (Phi) is 6.24. The molecule has 2 aromatic rings. The summed E-state index contributed by atoms with van der Waals surface area (Å²) in [5.74, 6) is -0.0993. The zero-order valence-electron chi connectivity index (χ0n) is 13.7. The van der Waals surface area contributed by atoms with Crippen molar-refractivity contribution < 1.29 is 24.3 Å². The molecule has 8 heteroatoms. The van der Waals surface area contributed by atoms with Crippen molar-refractivity contribution in [2.24, 2.45) is 0 Å². The largest absolute Gasteiger partial charge is 0.493 e. The van der Waals surface area contributed by atoms with Crippen LogP contribution >= 0.6 is 11.8 Å². The number of aromatic carboxylic acids is 1. The van der Waals surface area contributed by atoms with Crippen LogP contribution in [0.4, 0.5) is 0 Å². The third kappa shape index (κ3) is 4.63. The third-order valence-electron chi connectivity index (χ3n) is 3.48. The van der Waals surface area contributed by atoms with Crippen LogP contribution in [-0.2, 0) is 0 Å². The molecule has 132 valence electrons. The average molecular weight is 363 g/mol. The van der Waals surface area contributed by atoms with Crippen LogP contribution in [0.5, 0.6) is 11.5 Å². The average Bonchev–Trinajstić information content (AvgIpc) is 2.60. The van der Waals surface area contributed by atoms with Crippen LogP contribution in [0.2, 0.25) is 0 Å². The van der Waals surface area contributed by atoms with Gasteiger partial charge in [-0.25, -0.2) is 4.79 Å². The van der Waals surface area contributed by atoms with Crippen molar-refractivity contribution in [1.82, 2.24) is 0 Å². The van der Waals surface area contributed by atoms with Crippen LogP contribution in [0.1, 0.15) is 21.2 Å². The van der Waals surface area contributed by atoms with E-state index in [1.165, 1.54) is 20.3 Å². The van der Waals surface area contributed by atoms with Gasteiger partial charge in [0.1, 0.15) is 0 Å². The topological polar surface area (TPSA) is 98.9 Å². The lowest BCUT2D eigenvalue weighted by molar-refractivity contribution is -0.479. The predicted molar refractivity (Wildman–Crippen MR) is 93.4 cm³/mol. The van der Waals surface area contributed by atoms with Gasteiger partial charge in [0.15, 0.2) is 11.5 Å². The zero-order valence-corrected chi connectivity index (χ0v) is 14.5. The smallest absolute Gasteiger partial charge is 0.336 e. The second-order valence-electron chi connectivity index (χ2n) is 5.04. The van der Waals surface area contributed by atoms with E-state index in [1.807, 2.05) is 0 Å². The number of carbonyl (C=O) groups is 1. The molecule has 0 radical (unpaired) electrons. The highest BCUT2D eigenvalue weighted by Gasteiger charge is 2.23. The Labute approximate surface area is 148 Å². The second kappa shape index (κ2) is 8.39. The summed E-state index contributed by atoms with van der Waals surface area (Å²) in [7, 11) is 2.99. The first-order valence-electron chi connectivity index (χ1n) is 7.29. The van der Waals surface area contributed by atoms with E-state index in [1.54, 1.807) is 36.4 Å². The summed E-state index contributed by atoms with van der Waals surface area (Å²) in [6.07, 6.45) is 0. The number of benzene rings is 2. The van der Waals surface area contributed by atoms with E-state index >= 15 is 0 Å². The highest BCUT2D eigenvalue weighted by atomic mass is 32.2. The van der Waals surface area contributed by atoms with E-state index in [0.717, 1.165) is 11.8 Å². The number of hydrogen-bond donors (Lipinski definition) is 1. The lowest BCUT2D eigenvalue weighted by Gasteiger charge is -2.16. The van der Waals surface area contributed by atoms with Crippen LogP contribution in [0, 0.1) is 10.1 Å². The standard InChI is InChI=1S/C17H17NO6S/c1-23-13-8-7-11(9-14(13)24-2)16(10-18(21)22)25-15-6-4-3-5-12(15)17(19)20/h3-9,16H,10H2,1-2H3,(H,19,20)/t16-/m1/s1. The quantitative estimate of drug-likeness (QED) is 0.435. The summed E-state index contributed by atoms with van der Waals surface area (Å²) in [5, 5.41) is 19.8. The first-order chi connectivity index (χ1) is 12.0. The van der Waals surface area contributed by atoms with Gasteiger partial charge in [-0.05, 0) is 29.8 Å². The Morgan fingerprint density at radius 1 is 1.20 bits per heavy atom. The molecule has 0 aliphatic heterocycles. The molecule has 0 amide bonds. The summed E-state index contributed by atoms with van der Waals surface area (Å²) in [5.41, 5.74) is 0.765. The summed E-state index contributed by atoms with van der Waals surface area (Å²) >= 11 is 1.14. The van der Waals surface area contributed by atoms with Crippen molar-refractivity contribution >= 4 is 17.7 Å². The number of thioether (sulfide) groups is 1. The van der Waals surface area contributed by atoms with Gasteiger partial charge < -0.3 is 14.6 Å². The van der Waals surface area contributed by atoms with Crippen molar-refractivity contribution in [2.75, 3.05) is 20.8 Å². The first kappa shape index (κ1) is 18.6. The molecule has 0 saturated heterocycles. The van der Waals surface area contributed by atoms with E-state index in [2.05, 4.69) is 0 Å². The fourth-order valence-corrected chi connectivity index (χ4v) is 3.52. The molecule has 25 heavy (non-hydrogen) atoms. The molecule has 0 aromatic heterocycles. The van der Waals surface area contributed by atoms with E-state index in [4.69, 9.17) is 9.47 Å². The molecule has 2 rings (SSSR count). The Morgan fingerprint density at radius 2 is 1.88 bits per heavy atom. The molecule has 0 bridgehead atoms. The predicted octanol–water partition coefficient (Wildman–Crippen LogP) is 3.51. The first-order valence-corrected chi connectivity index (χ1v) is 8.17. The minimum absolute atomic E-state index is 0.112. The number of carboxylic acids is 1. The van der Waals surface area contributed by atoms with Crippen LogP contribution in [-0.4, -0.2) is 36.8 Å². The van der Waals surface area contributed by atoms with Gasteiger partial charge >= 0.3 is 5.97 Å². The zero-order chi connectivity index (χ0) is 18.4. The summed E-state index contributed by atoms with van der Waals surface area (Å²) in [4.78, 5) is 22.5. The van der Waals surface area contributed by atoms with Crippen molar-refractivity contribution in [3.05, 3.63) is 63.7 Å². The molecule has 0 spiro atoms. The highest BCUT2D eigenvalue weighted by molar-refractivity contribution is 7.99. The molecule has 0 unspecified atom stereocenters. The number of ether oxygens (including phenoxy) is 2. The second-order valence-corrected chi connectivity index (χ2v) is 6.28. The van der Waals surface area contributed by atoms with Gasteiger partial charge in [0.25, 0.3) is 0 Å². The number of rotatable bonds is 8. The van der Waals surface area contributed by atoms with E-state index in [-0.39, 0.29) is 12.1 Å². The van der Waals surface area contributed by atoms with Gasteiger partial charge in [-0.15, -0.1) is 11.8 Å². The van der Waals surface area contributed by atoms with Crippen molar-refractivity contribution in [3.8, 4) is 11.5 Å². The number of nitrogens with zero attached hydrogens (tertiary/aromatic N) is 1. The maximum atomic E-state index is 11.4. The summed E-state index contributed by atoms with van der Waals surface area (Å²) in [6.45, 7) is -0.353. The minimum atomic E-state index is -1.07. The molecule has 2 aromatic carbocycles. The van der Waals surface area contributed by atoms with Gasteiger partial charge in [0.2, 0.25) is 6.54 Å². The Bertz CT molecular complexity index is 779. The molecule has 0 heterocycles. The van der Waals surface area contributed by atoms with E-state index in [0.29, 0.717) is 22.0 Å². The SMILES string of the molecule is COc1ccc([C@@H](C[N+](=O)[O-])Sc2ccccc2C(=O)O)cc1OC. The monoisotopic (exact) mass is 363 g/mol. The third-order valence-corrected chi connectivity index (χ3v) is 4.80. The van der Waals surface area contributed by atoms with Crippen molar-refractivity contribution in [1.29, 1.82) is 0 Å². The lowest BCUT2D eigenvalue weighted by Crippen LogP contribution is -2.11. The molecule has 0 saturated carbocycles. The van der Waals surface area contributed by atoms with E-state index in [9.17, 15) is 20.0 Å². The molecular weight excluding hydrogens is 346 g/mol. The molecule has 1 N–H and O–H groups in total. The van der Waals surface area contributed by atoms with Crippen LogP contribution in [0.3, 0.4) is 0 Å². The molecule has 0 aliphatic rings. The molecule has 1 atom stereocenters. The maximum Gasteiger partial charge on any atom is 0.336 e. The lowest BCUT2D eigenvalue weighted by atomic mass is 10.1. The van der Waals surface area contributed by atoms with Crippen LogP contribution in [0.25, 0.3) is 0 Å². The van der Waals surface area contributed by atoms with Crippen LogP contribution in [0.15, 0.2) is 47.4 Å². The molecule has 0 aliphatic carbocycles. The van der Waals surface area contributed by atoms with Gasteiger partial charge in [-0.3, -0.25) is 10.1 Å². The summed E-state index contributed by atoms with van der Waals surface area (Å²) in [6, 6.07) is 11.5. The van der Waals surface area contributed by atoms with Crippen molar-refractivity contribution in [2.45, 2.75) is 10.1 Å². The molecule has 0 fully saturated rings. The minimum Gasteiger partial charge on any atom is -0.493 e. The number of nitro groups is 1. The Balaban J connectivity index is 2.41. The number of hydrogen-bond acceptors (Lipinski definition) is 6. The van der Waals surface area contributed by atoms with Gasteiger partial charge in [-0.2, -0.15) is 0 Å². The maximum absolute atomic E-state index is 11.4. The highest BCUT2D eigenvalue weighted by Crippen LogP contribution is 2.40. The summed E-state index contributed by atoms with van der Waals surface area (Å²) < 4.78 is 10.4. The van der Waals surface area contributed by atoms with Crippen molar-refractivity contribution in [3.63, 3.8) is 0 Å². The van der Waals surface area contributed by atoms with Gasteiger partial charge in [0.05, 0.1) is 25.0 Å². The Morgan fingerprint density at radius 3 is 2.48 bits per heavy atom.